The monoisotopic (exact) mass is 259 g/mol. The summed E-state index contributed by atoms with van der Waals surface area (Å²) in [5, 5.41) is 9.49. The van der Waals surface area contributed by atoms with Crippen LogP contribution in [0.2, 0.25) is 0 Å². The number of H-pyrrole nitrogens is 1. The number of nitrogens with zero attached hydrogens (tertiary/aromatic N) is 1. The molecular weight excluding hydrogens is 242 g/mol. The number of benzene rings is 1. The zero-order valence-corrected chi connectivity index (χ0v) is 10.9. The van der Waals surface area contributed by atoms with Crippen LogP contribution in [0.15, 0.2) is 30.6 Å². The minimum absolute atomic E-state index is 0.127. The summed E-state index contributed by atoms with van der Waals surface area (Å²) in [6.07, 6.45) is 3.44. The summed E-state index contributed by atoms with van der Waals surface area (Å²) in [7, 11) is 0. The number of carbonyl (C=O) groups is 1. The Balaban J connectivity index is 2.18. The Labute approximate surface area is 111 Å². The number of hydrogen-bond acceptors (Lipinski definition) is 4. The van der Waals surface area contributed by atoms with Gasteiger partial charge < -0.3 is 10.7 Å². The zero-order chi connectivity index (χ0) is 13.8. The van der Waals surface area contributed by atoms with E-state index in [4.69, 9.17) is 5.84 Å². The maximum absolute atomic E-state index is 12.2. The highest BCUT2D eigenvalue weighted by Gasteiger charge is 2.15. The van der Waals surface area contributed by atoms with E-state index in [2.05, 4.69) is 20.9 Å². The van der Waals surface area contributed by atoms with Crippen molar-refractivity contribution in [3.05, 3.63) is 47.3 Å². The molecule has 0 bridgehead atoms. The molecule has 1 aromatic heterocycles. The minimum atomic E-state index is -0.176. The summed E-state index contributed by atoms with van der Waals surface area (Å²) >= 11 is 0. The highest BCUT2D eigenvalue weighted by atomic mass is 16.1. The van der Waals surface area contributed by atoms with Crippen LogP contribution in [0.5, 0.6) is 0 Å². The number of carbonyl (C=O) groups excluding carboxylic acids is 1. The van der Waals surface area contributed by atoms with Crippen molar-refractivity contribution in [3.8, 4) is 0 Å². The van der Waals surface area contributed by atoms with E-state index in [0.717, 1.165) is 11.1 Å². The van der Waals surface area contributed by atoms with Crippen LogP contribution in [0, 0.1) is 6.92 Å². The molecule has 100 valence electrons. The molecule has 1 amide bonds. The molecule has 0 spiro atoms. The Bertz CT molecular complexity index is 564. The van der Waals surface area contributed by atoms with E-state index in [1.54, 1.807) is 24.5 Å². The van der Waals surface area contributed by atoms with Gasteiger partial charge >= 0.3 is 0 Å². The molecule has 0 saturated heterocycles. The number of anilines is 1. The van der Waals surface area contributed by atoms with E-state index in [-0.39, 0.29) is 11.9 Å². The van der Waals surface area contributed by atoms with Gasteiger partial charge in [-0.2, -0.15) is 5.10 Å². The minimum Gasteiger partial charge on any atom is -0.345 e. The lowest BCUT2D eigenvalue weighted by Gasteiger charge is -2.14. The van der Waals surface area contributed by atoms with Gasteiger partial charge in [0.1, 0.15) is 0 Å². The molecule has 0 aliphatic carbocycles. The molecule has 1 unspecified atom stereocenters. The van der Waals surface area contributed by atoms with Crippen LogP contribution in [-0.4, -0.2) is 16.1 Å². The molecule has 2 rings (SSSR count). The number of rotatable bonds is 4. The van der Waals surface area contributed by atoms with Gasteiger partial charge in [-0.3, -0.25) is 15.7 Å². The van der Waals surface area contributed by atoms with E-state index in [1.165, 1.54) is 0 Å². The second-order valence-electron chi connectivity index (χ2n) is 4.42. The summed E-state index contributed by atoms with van der Waals surface area (Å²) in [5.74, 6) is 5.24. The first-order valence-corrected chi connectivity index (χ1v) is 5.98. The third kappa shape index (κ3) is 2.92. The smallest absolute Gasteiger partial charge is 0.253 e. The van der Waals surface area contributed by atoms with Gasteiger partial charge in [0.2, 0.25) is 0 Å². The van der Waals surface area contributed by atoms with Crippen molar-refractivity contribution in [2.45, 2.75) is 19.9 Å². The lowest BCUT2D eigenvalue weighted by molar-refractivity contribution is 0.0940. The van der Waals surface area contributed by atoms with E-state index in [1.807, 2.05) is 19.9 Å². The quantitative estimate of drug-likeness (QED) is 0.494. The first-order valence-electron chi connectivity index (χ1n) is 5.98. The van der Waals surface area contributed by atoms with Gasteiger partial charge in [0.25, 0.3) is 5.91 Å². The molecule has 19 heavy (non-hydrogen) atoms. The number of aryl methyl sites for hydroxylation is 1. The van der Waals surface area contributed by atoms with Crippen molar-refractivity contribution < 1.29 is 4.79 Å². The molecule has 1 heterocycles. The lowest BCUT2D eigenvalue weighted by atomic mass is 10.1. The number of nitrogens with one attached hydrogen (secondary N) is 3. The highest BCUT2D eigenvalue weighted by molar-refractivity contribution is 5.99. The van der Waals surface area contributed by atoms with Gasteiger partial charge in [-0.15, -0.1) is 0 Å². The molecule has 0 radical (unpaired) electrons. The highest BCUT2D eigenvalue weighted by Crippen LogP contribution is 2.18. The fourth-order valence-electron chi connectivity index (χ4n) is 1.83. The van der Waals surface area contributed by atoms with Crippen LogP contribution in [0.1, 0.15) is 34.5 Å². The summed E-state index contributed by atoms with van der Waals surface area (Å²) < 4.78 is 0. The molecule has 1 aromatic carbocycles. The molecular formula is C13H17N5O. The Morgan fingerprint density at radius 2 is 2.26 bits per heavy atom. The van der Waals surface area contributed by atoms with Crippen molar-refractivity contribution in [2.75, 3.05) is 5.43 Å². The standard InChI is InChI=1S/C13H17N5O/c1-8-3-4-12(18-14)11(5-8)13(19)17-9(2)10-6-15-16-7-10/h3-7,9,18H,14H2,1-2H3,(H,15,16)(H,17,19). The van der Waals surface area contributed by atoms with E-state index in [0.29, 0.717) is 11.3 Å². The Hall–Kier alpha value is -2.34. The maximum Gasteiger partial charge on any atom is 0.253 e. The molecule has 0 fully saturated rings. The molecule has 0 aliphatic rings. The van der Waals surface area contributed by atoms with Gasteiger partial charge in [-0.05, 0) is 26.0 Å². The largest absolute Gasteiger partial charge is 0.345 e. The van der Waals surface area contributed by atoms with Crippen LogP contribution in [0.3, 0.4) is 0 Å². The number of amides is 1. The molecule has 0 aliphatic heterocycles. The normalized spacial score (nSPS) is 11.9. The first kappa shape index (κ1) is 13.1. The summed E-state index contributed by atoms with van der Waals surface area (Å²) in [4.78, 5) is 12.2. The Morgan fingerprint density at radius 3 is 2.89 bits per heavy atom. The van der Waals surface area contributed by atoms with Crippen LogP contribution in [0.25, 0.3) is 0 Å². The topological polar surface area (TPSA) is 95.8 Å². The second kappa shape index (κ2) is 5.53. The number of aromatic amines is 1. The molecule has 5 N–H and O–H groups in total. The van der Waals surface area contributed by atoms with Gasteiger partial charge in [0.15, 0.2) is 0 Å². The van der Waals surface area contributed by atoms with E-state index in [9.17, 15) is 4.79 Å². The zero-order valence-electron chi connectivity index (χ0n) is 10.9. The fraction of sp³-hybridized carbons (Fsp3) is 0.231. The maximum atomic E-state index is 12.2. The van der Waals surface area contributed by atoms with Crippen LogP contribution >= 0.6 is 0 Å². The third-order valence-electron chi connectivity index (χ3n) is 2.94. The van der Waals surface area contributed by atoms with Gasteiger partial charge in [-0.1, -0.05) is 11.6 Å². The number of nitrogens with two attached hydrogens (primary N) is 1. The van der Waals surface area contributed by atoms with Crippen molar-refractivity contribution in [1.82, 2.24) is 15.5 Å². The van der Waals surface area contributed by atoms with Crippen molar-refractivity contribution in [3.63, 3.8) is 0 Å². The van der Waals surface area contributed by atoms with Gasteiger partial charge in [0, 0.05) is 11.8 Å². The molecule has 6 heteroatoms. The summed E-state index contributed by atoms with van der Waals surface area (Å²) in [6, 6.07) is 5.35. The number of hydrogen-bond donors (Lipinski definition) is 4. The van der Waals surface area contributed by atoms with Crippen molar-refractivity contribution in [2.24, 2.45) is 5.84 Å². The molecule has 1 atom stereocenters. The third-order valence-corrected chi connectivity index (χ3v) is 2.94. The molecule has 2 aromatic rings. The first-order chi connectivity index (χ1) is 9.11. The van der Waals surface area contributed by atoms with Gasteiger partial charge in [0.05, 0.1) is 23.5 Å². The summed E-state index contributed by atoms with van der Waals surface area (Å²) in [6.45, 7) is 3.82. The predicted octanol–water partition coefficient (Wildman–Crippen LogP) is 1.49. The van der Waals surface area contributed by atoms with Crippen LogP contribution in [0.4, 0.5) is 5.69 Å². The van der Waals surface area contributed by atoms with Crippen LogP contribution in [-0.2, 0) is 0 Å². The van der Waals surface area contributed by atoms with Gasteiger partial charge in [-0.25, -0.2) is 0 Å². The molecule has 6 nitrogen and oxygen atoms in total. The van der Waals surface area contributed by atoms with E-state index >= 15 is 0 Å². The number of aromatic nitrogens is 2. The number of hydrazine groups is 1. The average Bonchev–Trinajstić information content (AvgIpc) is 2.92. The Kier molecular flexibility index (Phi) is 3.82. The second-order valence-corrected chi connectivity index (χ2v) is 4.42. The average molecular weight is 259 g/mol. The SMILES string of the molecule is Cc1ccc(NN)c(C(=O)NC(C)c2cn[nH]c2)c1. The predicted molar refractivity (Wildman–Crippen MR) is 73.5 cm³/mol. The van der Waals surface area contributed by atoms with Crippen LogP contribution < -0.4 is 16.6 Å². The fourth-order valence-corrected chi connectivity index (χ4v) is 1.83. The van der Waals surface area contributed by atoms with Crippen molar-refractivity contribution >= 4 is 11.6 Å². The summed E-state index contributed by atoms with van der Waals surface area (Å²) in [5.41, 5.74) is 5.58. The van der Waals surface area contributed by atoms with Crippen molar-refractivity contribution in [1.29, 1.82) is 0 Å². The lowest BCUT2D eigenvalue weighted by Crippen LogP contribution is -2.27. The van der Waals surface area contributed by atoms with E-state index < -0.39 is 0 Å². The molecule has 0 saturated carbocycles. The number of nitrogen functional groups attached to an aromatic ring is 1. The Morgan fingerprint density at radius 1 is 1.47 bits per heavy atom.